The van der Waals surface area contributed by atoms with E-state index in [1.165, 1.54) is 10.3 Å². The van der Waals surface area contributed by atoms with E-state index < -0.39 is 14.4 Å². The van der Waals surface area contributed by atoms with Crippen LogP contribution < -0.4 is 5.32 Å². The number of amides is 2. The third-order valence-corrected chi connectivity index (χ3v) is 12.3. The van der Waals surface area contributed by atoms with Crippen molar-refractivity contribution in [3.8, 4) is 0 Å². The maximum absolute atomic E-state index is 13.0. The molecule has 0 spiro atoms. The van der Waals surface area contributed by atoms with Crippen molar-refractivity contribution in [3.63, 3.8) is 0 Å². The van der Waals surface area contributed by atoms with Gasteiger partial charge in [-0.1, -0.05) is 63.2 Å². The third kappa shape index (κ3) is 6.62. The molecule has 2 aromatic rings. The van der Waals surface area contributed by atoms with Crippen LogP contribution in [-0.2, 0) is 15.6 Å². The summed E-state index contributed by atoms with van der Waals surface area (Å²) < 4.78 is 6.35. The van der Waals surface area contributed by atoms with Gasteiger partial charge in [0.15, 0.2) is 8.32 Å². The van der Waals surface area contributed by atoms with Gasteiger partial charge in [-0.15, -0.1) is 0 Å². The number of carbonyl (C=O) groups excluding carboxylic acids is 1. The average Bonchev–Trinajstić information content (AvgIpc) is 2.81. The van der Waals surface area contributed by atoms with Crippen LogP contribution in [0.5, 0.6) is 0 Å². The molecular formula is C27H41N3O4Si. The summed E-state index contributed by atoms with van der Waals surface area (Å²) in [5.41, 5.74) is 1.09. The predicted octanol–water partition coefficient (Wildman–Crippen LogP) is 4.57. The number of nitrogens with one attached hydrogen (secondary N) is 1. The van der Waals surface area contributed by atoms with Gasteiger partial charge in [0.1, 0.15) is 0 Å². The third-order valence-electron chi connectivity index (χ3n) is 7.71. The minimum absolute atomic E-state index is 0.0433. The zero-order valence-electron chi connectivity index (χ0n) is 22.0. The second-order valence-corrected chi connectivity index (χ2v) is 15.8. The minimum atomic E-state index is -1.92. The van der Waals surface area contributed by atoms with Crippen LogP contribution in [0.4, 0.5) is 4.79 Å². The van der Waals surface area contributed by atoms with Crippen molar-refractivity contribution in [2.24, 2.45) is 0 Å². The van der Waals surface area contributed by atoms with Crippen LogP contribution in [0.3, 0.4) is 0 Å². The molecule has 1 aliphatic heterocycles. The lowest BCUT2D eigenvalue weighted by Gasteiger charge is -2.43. The van der Waals surface area contributed by atoms with Crippen molar-refractivity contribution >= 4 is 31.1 Å². The molecule has 1 fully saturated rings. The van der Waals surface area contributed by atoms with E-state index in [2.05, 4.69) is 74.4 Å². The normalized spacial score (nSPS) is 18.5. The van der Waals surface area contributed by atoms with E-state index in [0.29, 0.717) is 39.1 Å². The number of likely N-dealkylation sites (N-methyl/N-ethyl adjacent to an activating group) is 1. The van der Waals surface area contributed by atoms with Gasteiger partial charge in [0, 0.05) is 39.3 Å². The Labute approximate surface area is 210 Å². The second kappa shape index (κ2) is 11.1. The van der Waals surface area contributed by atoms with E-state index in [1.54, 1.807) is 7.05 Å². The summed E-state index contributed by atoms with van der Waals surface area (Å²) in [6, 6.07) is 13.9. The van der Waals surface area contributed by atoms with Gasteiger partial charge >= 0.3 is 6.09 Å². The van der Waals surface area contributed by atoms with Crippen molar-refractivity contribution in [2.45, 2.75) is 63.8 Å². The van der Waals surface area contributed by atoms with Crippen LogP contribution in [0, 0.1) is 0 Å². The number of fused-ring (bicyclic) bond motifs is 1. The number of carbonyl (C=O) groups is 2. The first-order valence-corrected chi connectivity index (χ1v) is 15.4. The fraction of sp³-hybridized carbons (Fsp3) is 0.556. The average molecular weight is 500 g/mol. The van der Waals surface area contributed by atoms with Crippen LogP contribution in [0.15, 0.2) is 42.5 Å². The molecule has 7 nitrogen and oxygen atoms in total. The number of carboxylic acid groups (broad SMARTS) is 1. The maximum Gasteiger partial charge on any atom is 0.407 e. The van der Waals surface area contributed by atoms with Gasteiger partial charge in [-0.3, -0.25) is 9.69 Å². The SMILES string of the molecule is CNC(=O)C(Cc1ccc2ccccc2c1)N1CCN(C(=O)O)C(CCO[Si](C)(C)C(C)(C)C)C1. The Balaban J connectivity index is 1.75. The van der Waals surface area contributed by atoms with Crippen LogP contribution in [0.1, 0.15) is 32.8 Å². The summed E-state index contributed by atoms with van der Waals surface area (Å²) in [5.74, 6) is -0.0433. The molecule has 0 bridgehead atoms. The summed E-state index contributed by atoms with van der Waals surface area (Å²) in [6.07, 6.45) is 0.282. The fourth-order valence-corrected chi connectivity index (χ4v) is 5.53. The summed E-state index contributed by atoms with van der Waals surface area (Å²) in [4.78, 5) is 28.6. The van der Waals surface area contributed by atoms with Crippen molar-refractivity contribution in [1.29, 1.82) is 0 Å². The zero-order valence-corrected chi connectivity index (χ0v) is 23.0. The summed E-state index contributed by atoms with van der Waals surface area (Å²) in [6.45, 7) is 13.0. The van der Waals surface area contributed by atoms with E-state index in [9.17, 15) is 14.7 Å². The van der Waals surface area contributed by atoms with Crippen LogP contribution in [0.2, 0.25) is 18.1 Å². The Morgan fingerprint density at radius 3 is 2.46 bits per heavy atom. The highest BCUT2D eigenvalue weighted by atomic mass is 28.4. The summed E-state index contributed by atoms with van der Waals surface area (Å²) in [5, 5.41) is 15.0. The van der Waals surface area contributed by atoms with E-state index >= 15 is 0 Å². The minimum Gasteiger partial charge on any atom is -0.465 e. The first kappa shape index (κ1) is 27.2. The molecule has 3 rings (SSSR count). The molecule has 0 saturated carbocycles. The van der Waals surface area contributed by atoms with Gasteiger partial charge in [0.2, 0.25) is 5.91 Å². The van der Waals surface area contributed by atoms with E-state index in [1.807, 2.05) is 12.1 Å². The molecule has 0 aliphatic carbocycles. The molecule has 2 amide bonds. The van der Waals surface area contributed by atoms with Crippen molar-refractivity contribution < 1.29 is 19.1 Å². The zero-order chi connectivity index (χ0) is 25.8. The van der Waals surface area contributed by atoms with E-state index in [-0.39, 0.29) is 23.0 Å². The smallest absolute Gasteiger partial charge is 0.407 e. The highest BCUT2D eigenvalue weighted by Gasteiger charge is 2.39. The monoisotopic (exact) mass is 499 g/mol. The number of rotatable bonds is 8. The first-order valence-electron chi connectivity index (χ1n) is 12.5. The molecular weight excluding hydrogens is 458 g/mol. The number of nitrogens with zero attached hydrogens (tertiary/aromatic N) is 2. The molecule has 0 aromatic heterocycles. The van der Waals surface area contributed by atoms with Crippen molar-refractivity contribution in [3.05, 3.63) is 48.0 Å². The highest BCUT2D eigenvalue weighted by Crippen LogP contribution is 2.36. The summed E-state index contributed by atoms with van der Waals surface area (Å²) in [7, 11) is -0.258. The lowest BCUT2D eigenvalue weighted by molar-refractivity contribution is -0.127. The van der Waals surface area contributed by atoms with Gasteiger partial charge in [-0.05, 0) is 47.3 Å². The van der Waals surface area contributed by atoms with Crippen LogP contribution >= 0.6 is 0 Å². The van der Waals surface area contributed by atoms with Gasteiger partial charge in [0.05, 0.1) is 6.04 Å². The molecule has 1 heterocycles. The lowest BCUT2D eigenvalue weighted by atomic mass is 9.98. The molecule has 1 aliphatic rings. The van der Waals surface area contributed by atoms with Crippen LogP contribution in [-0.4, -0.2) is 80.6 Å². The summed E-state index contributed by atoms with van der Waals surface area (Å²) >= 11 is 0. The van der Waals surface area contributed by atoms with Gasteiger partial charge in [-0.25, -0.2) is 4.79 Å². The molecule has 2 N–H and O–H groups in total. The molecule has 2 unspecified atom stereocenters. The van der Waals surface area contributed by atoms with Crippen LogP contribution in [0.25, 0.3) is 10.8 Å². The Hall–Kier alpha value is -2.42. The second-order valence-electron chi connectivity index (χ2n) is 11.0. The molecule has 0 radical (unpaired) electrons. The van der Waals surface area contributed by atoms with Gasteiger partial charge < -0.3 is 19.7 Å². The largest absolute Gasteiger partial charge is 0.465 e. The fourth-order valence-electron chi connectivity index (χ4n) is 4.47. The predicted molar refractivity (Wildman–Crippen MR) is 143 cm³/mol. The molecule has 2 aromatic carbocycles. The van der Waals surface area contributed by atoms with E-state index in [4.69, 9.17) is 4.43 Å². The molecule has 2 atom stereocenters. The van der Waals surface area contributed by atoms with E-state index in [0.717, 1.165) is 10.9 Å². The Kier molecular flexibility index (Phi) is 8.61. The molecule has 192 valence electrons. The number of piperazine rings is 1. The standard InChI is InChI=1S/C27H41N3O4Si/c1-27(2,3)35(5,6)34-16-13-23-19-29(14-15-30(23)26(32)33)24(25(31)28-4)18-20-11-12-21-9-7-8-10-22(21)17-20/h7-12,17,23-24H,13-16,18-19H2,1-6H3,(H,28,31)(H,32,33). The highest BCUT2D eigenvalue weighted by molar-refractivity contribution is 6.74. The van der Waals surface area contributed by atoms with Gasteiger partial charge in [-0.2, -0.15) is 0 Å². The van der Waals surface area contributed by atoms with Gasteiger partial charge in [0.25, 0.3) is 0 Å². The number of benzene rings is 2. The Morgan fingerprint density at radius 1 is 1.14 bits per heavy atom. The number of hydrogen-bond donors (Lipinski definition) is 2. The number of hydrogen-bond acceptors (Lipinski definition) is 4. The van der Waals surface area contributed by atoms with Crippen molar-refractivity contribution in [2.75, 3.05) is 33.3 Å². The molecule has 35 heavy (non-hydrogen) atoms. The molecule has 8 heteroatoms. The Bertz CT molecular complexity index is 1040. The molecule has 1 saturated heterocycles. The topological polar surface area (TPSA) is 82.1 Å². The quantitative estimate of drug-likeness (QED) is 0.520. The maximum atomic E-state index is 13.0. The van der Waals surface area contributed by atoms with Crippen molar-refractivity contribution in [1.82, 2.24) is 15.1 Å². The lowest BCUT2D eigenvalue weighted by Crippen LogP contribution is -2.60. The Morgan fingerprint density at radius 2 is 1.83 bits per heavy atom. The first-order chi connectivity index (χ1) is 16.4.